The predicted octanol–water partition coefficient (Wildman–Crippen LogP) is 2.80. The SMILES string of the molecule is O=[N+]([O-])c1cccc(/C=N\N2CCCCCC2)c1. The Kier molecular flexibility index (Phi) is 4.28. The summed E-state index contributed by atoms with van der Waals surface area (Å²) in [4.78, 5) is 10.3. The van der Waals surface area contributed by atoms with Crippen LogP contribution in [0.15, 0.2) is 29.4 Å². The van der Waals surface area contributed by atoms with Crippen LogP contribution in [-0.4, -0.2) is 29.2 Å². The Balaban J connectivity index is 2.03. The minimum atomic E-state index is -0.386. The molecule has 5 nitrogen and oxygen atoms in total. The molecule has 0 unspecified atom stereocenters. The van der Waals surface area contributed by atoms with Crippen molar-refractivity contribution in [3.63, 3.8) is 0 Å². The third-order valence-electron chi connectivity index (χ3n) is 3.03. The zero-order valence-electron chi connectivity index (χ0n) is 10.3. The molecule has 0 saturated carbocycles. The van der Waals surface area contributed by atoms with Crippen molar-refractivity contribution in [2.75, 3.05) is 13.1 Å². The molecule has 0 aromatic heterocycles. The number of nitro benzene ring substituents is 1. The highest BCUT2D eigenvalue weighted by Crippen LogP contribution is 2.13. The summed E-state index contributed by atoms with van der Waals surface area (Å²) in [7, 11) is 0. The molecule has 1 aliphatic rings. The van der Waals surface area contributed by atoms with Gasteiger partial charge in [0.15, 0.2) is 0 Å². The van der Waals surface area contributed by atoms with Gasteiger partial charge < -0.3 is 0 Å². The van der Waals surface area contributed by atoms with E-state index in [9.17, 15) is 10.1 Å². The van der Waals surface area contributed by atoms with Gasteiger partial charge in [0, 0.05) is 30.8 Å². The molecule has 5 heteroatoms. The fraction of sp³-hybridized carbons (Fsp3) is 0.462. The van der Waals surface area contributed by atoms with E-state index < -0.39 is 0 Å². The molecule has 1 heterocycles. The largest absolute Gasteiger partial charge is 0.297 e. The topological polar surface area (TPSA) is 58.7 Å². The summed E-state index contributed by atoms with van der Waals surface area (Å²) in [5.41, 5.74) is 0.878. The molecule has 0 atom stereocenters. The number of benzene rings is 1. The van der Waals surface area contributed by atoms with Gasteiger partial charge in [-0.05, 0) is 12.8 Å². The lowest BCUT2D eigenvalue weighted by atomic mass is 10.2. The number of rotatable bonds is 3. The second-order valence-corrected chi connectivity index (χ2v) is 4.46. The molecule has 1 fully saturated rings. The summed E-state index contributed by atoms with van der Waals surface area (Å²) >= 11 is 0. The van der Waals surface area contributed by atoms with E-state index in [1.807, 2.05) is 11.1 Å². The van der Waals surface area contributed by atoms with Crippen LogP contribution >= 0.6 is 0 Å². The molecular formula is C13H17N3O2. The minimum Gasteiger partial charge on any atom is -0.297 e. The van der Waals surface area contributed by atoms with Gasteiger partial charge in [0.2, 0.25) is 0 Å². The summed E-state index contributed by atoms with van der Waals surface area (Å²) in [5, 5.41) is 17.1. The van der Waals surface area contributed by atoms with Gasteiger partial charge in [-0.25, -0.2) is 0 Å². The molecule has 1 saturated heterocycles. The second kappa shape index (κ2) is 6.14. The third kappa shape index (κ3) is 3.55. The molecular weight excluding hydrogens is 230 g/mol. The predicted molar refractivity (Wildman–Crippen MR) is 70.7 cm³/mol. The van der Waals surface area contributed by atoms with Crippen molar-refractivity contribution in [2.45, 2.75) is 25.7 Å². The summed E-state index contributed by atoms with van der Waals surface area (Å²) in [6, 6.07) is 6.54. The van der Waals surface area contributed by atoms with E-state index in [-0.39, 0.29) is 10.6 Å². The lowest BCUT2D eigenvalue weighted by Crippen LogP contribution is -2.18. The van der Waals surface area contributed by atoms with Crippen LogP contribution in [0.3, 0.4) is 0 Å². The highest BCUT2D eigenvalue weighted by molar-refractivity contribution is 5.80. The molecule has 1 aromatic rings. The lowest BCUT2D eigenvalue weighted by Gasteiger charge is -2.15. The Morgan fingerprint density at radius 2 is 1.94 bits per heavy atom. The van der Waals surface area contributed by atoms with Gasteiger partial charge in [-0.1, -0.05) is 25.0 Å². The van der Waals surface area contributed by atoms with Crippen LogP contribution in [0.1, 0.15) is 31.2 Å². The standard InChI is InChI=1S/C13H17N3O2/c17-16(18)13-7-5-6-12(10-13)11-14-15-8-3-1-2-4-9-15/h5-7,10-11H,1-4,8-9H2/b14-11-. The molecule has 2 rings (SSSR count). The second-order valence-electron chi connectivity index (χ2n) is 4.46. The highest BCUT2D eigenvalue weighted by atomic mass is 16.6. The number of hydrogen-bond acceptors (Lipinski definition) is 4. The molecule has 1 aromatic carbocycles. The lowest BCUT2D eigenvalue weighted by molar-refractivity contribution is -0.384. The average Bonchev–Trinajstić information content (AvgIpc) is 2.65. The Morgan fingerprint density at radius 1 is 1.22 bits per heavy atom. The van der Waals surface area contributed by atoms with Crippen molar-refractivity contribution in [1.82, 2.24) is 5.01 Å². The molecule has 1 aliphatic heterocycles. The first kappa shape index (κ1) is 12.5. The van der Waals surface area contributed by atoms with E-state index >= 15 is 0 Å². The maximum absolute atomic E-state index is 10.7. The maximum atomic E-state index is 10.7. The van der Waals surface area contributed by atoms with Crippen molar-refractivity contribution in [2.24, 2.45) is 5.10 Å². The van der Waals surface area contributed by atoms with Crippen LogP contribution in [-0.2, 0) is 0 Å². The zero-order chi connectivity index (χ0) is 12.8. The van der Waals surface area contributed by atoms with Crippen molar-refractivity contribution >= 4 is 11.9 Å². The van der Waals surface area contributed by atoms with E-state index in [1.54, 1.807) is 18.3 Å². The average molecular weight is 247 g/mol. The van der Waals surface area contributed by atoms with Gasteiger partial charge in [-0.15, -0.1) is 0 Å². The molecule has 0 N–H and O–H groups in total. The maximum Gasteiger partial charge on any atom is 0.270 e. The van der Waals surface area contributed by atoms with Gasteiger partial charge in [-0.3, -0.25) is 15.1 Å². The summed E-state index contributed by atoms with van der Waals surface area (Å²) in [5.74, 6) is 0. The first-order chi connectivity index (χ1) is 8.75. The number of nitrogens with zero attached hydrogens (tertiary/aromatic N) is 3. The van der Waals surface area contributed by atoms with Gasteiger partial charge in [0.25, 0.3) is 5.69 Å². The Bertz CT molecular complexity index is 438. The van der Waals surface area contributed by atoms with Gasteiger partial charge in [0.05, 0.1) is 11.1 Å². The zero-order valence-corrected chi connectivity index (χ0v) is 10.3. The van der Waals surface area contributed by atoms with Crippen molar-refractivity contribution in [3.05, 3.63) is 39.9 Å². The quantitative estimate of drug-likeness (QED) is 0.469. The molecule has 0 amide bonds. The van der Waals surface area contributed by atoms with Crippen LogP contribution in [0.5, 0.6) is 0 Å². The van der Waals surface area contributed by atoms with E-state index in [4.69, 9.17) is 0 Å². The van der Waals surface area contributed by atoms with Crippen LogP contribution in [0.2, 0.25) is 0 Å². The summed E-state index contributed by atoms with van der Waals surface area (Å²) in [6.07, 6.45) is 6.59. The smallest absolute Gasteiger partial charge is 0.270 e. The Morgan fingerprint density at radius 3 is 2.61 bits per heavy atom. The number of non-ortho nitro benzene ring substituents is 1. The van der Waals surface area contributed by atoms with Crippen LogP contribution in [0, 0.1) is 10.1 Å². The number of hydrogen-bond donors (Lipinski definition) is 0. The van der Waals surface area contributed by atoms with E-state index in [2.05, 4.69) is 5.10 Å². The van der Waals surface area contributed by atoms with Crippen LogP contribution in [0.25, 0.3) is 0 Å². The monoisotopic (exact) mass is 247 g/mol. The third-order valence-corrected chi connectivity index (χ3v) is 3.03. The molecule has 18 heavy (non-hydrogen) atoms. The van der Waals surface area contributed by atoms with Crippen molar-refractivity contribution in [3.8, 4) is 0 Å². The van der Waals surface area contributed by atoms with Crippen LogP contribution < -0.4 is 0 Å². The minimum absolute atomic E-state index is 0.106. The normalized spacial score (nSPS) is 16.8. The van der Waals surface area contributed by atoms with Crippen molar-refractivity contribution < 1.29 is 4.92 Å². The Labute approximate surface area is 106 Å². The fourth-order valence-electron chi connectivity index (χ4n) is 2.04. The Hall–Kier alpha value is -1.91. The summed E-state index contributed by atoms with van der Waals surface area (Å²) in [6.45, 7) is 1.96. The molecule has 0 aliphatic carbocycles. The highest BCUT2D eigenvalue weighted by Gasteiger charge is 2.06. The van der Waals surface area contributed by atoms with E-state index in [0.717, 1.165) is 18.7 Å². The van der Waals surface area contributed by atoms with Crippen molar-refractivity contribution in [1.29, 1.82) is 0 Å². The molecule has 0 bridgehead atoms. The van der Waals surface area contributed by atoms with Gasteiger partial charge in [0.1, 0.15) is 0 Å². The number of hydrazone groups is 1. The molecule has 0 spiro atoms. The first-order valence-corrected chi connectivity index (χ1v) is 6.29. The number of nitro groups is 1. The summed E-state index contributed by atoms with van der Waals surface area (Å²) < 4.78 is 0. The molecule has 96 valence electrons. The van der Waals surface area contributed by atoms with Gasteiger partial charge in [-0.2, -0.15) is 5.10 Å². The first-order valence-electron chi connectivity index (χ1n) is 6.29. The van der Waals surface area contributed by atoms with E-state index in [0.29, 0.717) is 0 Å². The van der Waals surface area contributed by atoms with Gasteiger partial charge >= 0.3 is 0 Å². The van der Waals surface area contributed by atoms with E-state index in [1.165, 1.54) is 31.7 Å². The van der Waals surface area contributed by atoms with Crippen LogP contribution in [0.4, 0.5) is 5.69 Å². The fourth-order valence-corrected chi connectivity index (χ4v) is 2.04. The molecule has 0 radical (unpaired) electrons.